The van der Waals surface area contributed by atoms with Crippen molar-refractivity contribution in [2.45, 2.75) is 13.3 Å². The number of hydrogen-bond donors (Lipinski definition) is 2. The summed E-state index contributed by atoms with van der Waals surface area (Å²) < 4.78 is 0. The van der Waals surface area contributed by atoms with Crippen molar-refractivity contribution in [2.75, 3.05) is 12.8 Å². The minimum Gasteiger partial charge on any atom is -0.356 e. The third kappa shape index (κ3) is 43.2. The summed E-state index contributed by atoms with van der Waals surface area (Å²) in [5.41, 5.74) is 0. The van der Waals surface area contributed by atoms with Crippen molar-refractivity contribution in [2.24, 2.45) is 0 Å². The van der Waals surface area contributed by atoms with Crippen LogP contribution in [0.4, 0.5) is 0 Å². The predicted molar refractivity (Wildman–Crippen MR) is 42.8 cm³/mol. The van der Waals surface area contributed by atoms with Gasteiger partial charge < -0.3 is 15.3 Å². The Morgan fingerprint density at radius 2 is 1.73 bits per heavy atom. The van der Waals surface area contributed by atoms with Crippen molar-refractivity contribution in [3.8, 4) is 0 Å². The summed E-state index contributed by atoms with van der Waals surface area (Å²) in [6, 6.07) is 0. The Bertz CT molecular complexity index is 108. The Labute approximate surface area is 65.1 Å². The Morgan fingerprint density at radius 1 is 1.45 bits per heavy atom. The topological polar surface area (TPSA) is 107 Å². The minimum absolute atomic E-state index is 0.562. The van der Waals surface area contributed by atoms with E-state index in [1.807, 2.05) is 6.92 Å². The van der Waals surface area contributed by atoms with E-state index in [1.54, 1.807) is 0 Å². The zero-order valence-electron chi connectivity index (χ0n) is 6.43. The first-order chi connectivity index (χ1) is 4.79. The van der Waals surface area contributed by atoms with Gasteiger partial charge in [-0.05, 0) is 6.42 Å². The molecular weight excluding hydrogens is 173 g/mol. The molecule has 0 bridgehead atoms. The van der Waals surface area contributed by atoms with Crippen LogP contribution in [0.3, 0.4) is 0 Å². The molecule has 0 aliphatic rings. The summed E-state index contributed by atoms with van der Waals surface area (Å²) >= 11 is 0. The van der Waals surface area contributed by atoms with E-state index in [2.05, 4.69) is 0 Å². The van der Waals surface area contributed by atoms with Crippen LogP contribution in [-0.2, 0) is 0 Å². The van der Waals surface area contributed by atoms with Crippen LogP contribution in [-0.4, -0.2) is 27.7 Å². The Morgan fingerprint density at radius 3 is 1.73 bits per heavy atom. The van der Waals surface area contributed by atoms with E-state index in [1.165, 1.54) is 6.66 Å². The smallest absolute Gasteiger partial charge is 0.264 e. The molecule has 0 rings (SSSR count). The van der Waals surface area contributed by atoms with E-state index in [4.69, 9.17) is 25.1 Å². The summed E-state index contributed by atoms with van der Waals surface area (Å²) in [5, 5.41) is 14.8. The lowest BCUT2D eigenvalue weighted by Crippen LogP contribution is -1.90. The lowest BCUT2D eigenvalue weighted by atomic mass is 10.6. The maximum atomic E-state index is 8.68. The van der Waals surface area contributed by atoms with E-state index in [0.29, 0.717) is 6.16 Å². The third-order valence-corrected chi connectivity index (χ3v) is 1.94. The molecule has 2 N–H and O–H groups in total. The van der Waals surface area contributed by atoms with Crippen molar-refractivity contribution in [3.63, 3.8) is 0 Å². The van der Waals surface area contributed by atoms with Gasteiger partial charge in [0, 0.05) is 0 Å². The molecule has 68 valence electrons. The van der Waals surface area contributed by atoms with E-state index in [0.717, 1.165) is 6.42 Å². The van der Waals surface area contributed by atoms with Crippen LogP contribution in [0, 0.1) is 15.3 Å². The minimum atomic E-state index is -2.42. The molecule has 0 aromatic heterocycles. The second kappa shape index (κ2) is 6.27. The second-order valence-electron chi connectivity index (χ2n) is 2.04. The molecule has 11 heavy (non-hydrogen) atoms. The summed E-state index contributed by atoms with van der Waals surface area (Å²) in [6.07, 6.45) is 1.42. The van der Waals surface area contributed by atoms with Crippen LogP contribution in [0.2, 0.25) is 0 Å². The summed E-state index contributed by atoms with van der Waals surface area (Å²) in [6.45, 7) is 3.43. The van der Waals surface area contributed by atoms with Gasteiger partial charge in [-0.1, -0.05) is 6.92 Å². The maximum Gasteiger partial charge on any atom is 0.264 e. The lowest BCUT2D eigenvalue weighted by Gasteiger charge is -2.01. The highest BCUT2D eigenvalue weighted by molar-refractivity contribution is 7.63. The molecule has 0 atom stereocenters. The molecule has 0 saturated carbocycles. The summed E-state index contributed by atoms with van der Waals surface area (Å²) in [5.74, 6) is 0. The first kappa shape index (κ1) is 13.2. The molecule has 0 amide bonds. The molecule has 0 aromatic rings. The van der Waals surface area contributed by atoms with Gasteiger partial charge in [-0.3, -0.25) is 0 Å². The van der Waals surface area contributed by atoms with Crippen molar-refractivity contribution in [1.29, 1.82) is 0 Å². The van der Waals surface area contributed by atoms with E-state index in [9.17, 15) is 0 Å². The molecule has 0 radical (unpaired) electrons. The van der Waals surface area contributed by atoms with Crippen molar-refractivity contribution >= 4 is 7.72 Å². The number of hydrogen-bond acceptors (Lipinski definition) is 5. The van der Waals surface area contributed by atoms with Gasteiger partial charge in [-0.15, -0.1) is 0 Å². The van der Waals surface area contributed by atoms with Crippen LogP contribution in [0.5, 0.6) is 0 Å². The van der Waals surface area contributed by atoms with Crippen LogP contribution >= 0.6 is 7.72 Å². The molecule has 0 spiro atoms. The van der Waals surface area contributed by atoms with Gasteiger partial charge in [0.1, 0.15) is 12.8 Å². The van der Waals surface area contributed by atoms with Gasteiger partial charge in [-0.25, -0.2) is 9.79 Å². The Hall–Kier alpha value is -0.450. The summed E-state index contributed by atoms with van der Waals surface area (Å²) in [4.78, 5) is 25.6. The molecule has 0 aliphatic carbocycles. The van der Waals surface area contributed by atoms with Crippen LogP contribution in [0.15, 0.2) is 0 Å². The fourth-order valence-corrected chi connectivity index (χ4v) is 1.27. The third-order valence-electron chi connectivity index (χ3n) is 0.647. The van der Waals surface area contributed by atoms with Gasteiger partial charge in [0.05, 0.1) is 5.09 Å². The highest BCUT2D eigenvalue weighted by atomic mass is 31.2. The lowest BCUT2D eigenvalue weighted by molar-refractivity contribution is -0.402. The van der Waals surface area contributed by atoms with Crippen LogP contribution < -0.4 is 0 Å². The highest BCUT2D eigenvalue weighted by Gasteiger charge is 2.21. The molecule has 0 saturated heterocycles. The SMILES string of the molecule is CCC[P+](C)(O)O.O=[N+]([O-])[O-]. The summed E-state index contributed by atoms with van der Waals surface area (Å²) in [7, 11) is -2.42. The normalized spacial score (nSPS) is 9.82. The predicted octanol–water partition coefficient (Wildman–Crippen LogP) is 0.619. The van der Waals surface area contributed by atoms with E-state index < -0.39 is 12.8 Å². The van der Waals surface area contributed by atoms with Gasteiger partial charge in [0.15, 0.2) is 0 Å². The van der Waals surface area contributed by atoms with Gasteiger partial charge in [0.2, 0.25) is 0 Å². The molecule has 0 fully saturated rings. The second-order valence-corrected chi connectivity index (χ2v) is 4.66. The first-order valence-corrected chi connectivity index (χ1v) is 5.25. The highest BCUT2D eigenvalue weighted by Crippen LogP contribution is 2.45. The van der Waals surface area contributed by atoms with Crippen LogP contribution in [0.25, 0.3) is 0 Å². The van der Waals surface area contributed by atoms with Gasteiger partial charge in [-0.2, -0.15) is 0 Å². The van der Waals surface area contributed by atoms with Crippen molar-refractivity contribution in [1.82, 2.24) is 0 Å². The number of rotatable bonds is 2. The molecule has 6 nitrogen and oxygen atoms in total. The zero-order chi connectivity index (χ0) is 9.49. The molecule has 0 aliphatic heterocycles. The molecular formula is C4H12NO5P. The van der Waals surface area contributed by atoms with Gasteiger partial charge >= 0.3 is 0 Å². The monoisotopic (exact) mass is 185 g/mol. The molecule has 0 heterocycles. The van der Waals surface area contributed by atoms with Crippen molar-refractivity contribution in [3.05, 3.63) is 15.3 Å². The fourth-order valence-electron chi connectivity index (χ4n) is 0.424. The first-order valence-electron chi connectivity index (χ1n) is 2.92. The maximum absolute atomic E-state index is 8.68. The van der Waals surface area contributed by atoms with Gasteiger partial charge in [0.25, 0.3) is 7.72 Å². The number of nitrogens with zero attached hydrogens (tertiary/aromatic N) is 1. The van der Waals surface area contributed by atoms with E-state index >= 15 is 0 Å². The largest absolute Gasteiger partial charge is 0.356 e. The van der Waals surface area contributed by atoms with Crippen LogP contribution in [0.1, 0.15) is 13.3 Å². The fraction of sp³-hybridized carbons (Fsp3) is 1.00. The molecule has 0 aromatic carbocycles. The quantitative estimate of drug-likeness (QED) is 0.372. The average Bonchev–Trinajstić information content (AvgIpc) is 1.58. The average molecular weight is 185 g/mol. The standard InChI is InChI=1S/C4H12O2P.NO3/c1-3-4-7(2,5)6;2-1(3)4/h5-6H,3-4H2,1-2H3;/q+1;-1. The Kier molecular flexibility index (Phi) is 7.51. The van der Waals surface area contributed by atoms with E-state index in [-0.39, 0.29) is 0 Å². The van der Waals surface area contributed by atoms with Crippen molar-refractivity contribution < 1.29 is 14.9 Å². The zero-order valence-corrected chi connectivity index (χ0v) is 7.32. The molecule has 7 heteroatoms. The molecule has 0 unspecified atom stereocenters. The Balaban J connectivity index is 0.